The lowest BCUT2D eigenvalue weighted by molar-refractivity contribution is -0.118. The first-order chi connectivity index (χ1) is 17.4. The van der Waals surface area contributed by atoms with Crippen LogP contribution in [0.4, 0.5) is 4.79 Å². The molecule has 1 atom stereocenters. The summed E-state index contributed by atoms with van der Waals surface area (Å²) >= 11 is 0. The number of amides is 3. The molecular weight excluding hydrogens is 458 g/mol. The number of nitrogens with zero attached hydrogens (tertiary/aromatic N) is 2. The van der Waals surface area contributed by atoms with Crippen LogP contribution >= 0.6 is 0 Å². The van der Waals surface area contributed by atoms with Crippen LogP contribution in [0.2, 0.25) is 0 Å². The Kier molecular flexibility index (Phi) is 8.83. The number of hydrogen-bond donors (Lipinski definition) is 1. The highest BCUT2D eigenvalue weighted by molar-refractivity contribution is 6.01. The van der Waals surface area contributed by atoms with Gasteiger partial charge in [-0.3, -0.25) is 15.0 Å². The van der Waals surface area contributed by atoms with Gasteiger partial charge in [0.1, 0.15) is 30.3 Å². The second-order valence-corrected chi connectivity index (χ2v) is 9.74. The zero-order chi connectivity index (χ0) is 25.4. The minimum absolute atomic E-state index is 0.134. The molecule has 2 aromatic rings. The summed E-state index contributed by atoms with van der Waals surface area (Å²) in [5.74, 6) is 1.45. The largest absolute Gasteiger partial charge is 0.494 e. The van der Waals surface area contributed by atoms with E-state index in [9.17, 15) is 9.59 Å². The predicted octanol–water partition coefficient (Wildman–Crippen LogP) is 3.77. The monoisotopic (exact) mass is 495 g/mol. The van der Waals surface area contributed by atoms with Gasteiger partial charge in [0.25, 0.3) is 0 Å². The topological polar surface area (TPSA) is 80.3 Å². The number of imide groups is 1. The summed E-state index contributed by atoms with van der Waals surface area (Å²) in [4.78, 5) is 26.8. The molecule has 2 aliphatic heterocycles. The predicted molar refractivity (Wildman–Crippen MR) is 137 cm³/mol. The molecule has 0 aliphatic carbocycles. The van der Waals surface area contributed by atoms with E-state index in [0.29, 0.717) is 26.2 Å². The van der Waals surface area contributed by atoms with E-state index in [1.807, 2.05) is 24.3 Å². The van der Waals surface area contributed by atoms with Crippen LogP contribution in [0.25, 0.3) is 0 Å². The van der Waals surface area contributed by atoms with E-state index in [4.69, 9.17) is 14.2 Å². The Balaban J connectivity index is 1.20. The number of carbonyl (C=O) groups is 2. The van der Waals surface area contributed by atoms with Crippen LogP contribution in [0.5, 0.6) is 11.5 Å². The van der Waals surface area contributed by atoms with E-state index in [2.05, 4.69) is 41.4 Å². The molecule has 1 N–H and O–H groups in total. The Morgan fingerprint density at radius 3 is 2.36 bits per heavy atom. The lowest BCUT2D eigenvalue weighted by Crippen LogP contribution is -2.39. The van der Waals surface area contributed by atoms with Crippen molar-refractivity contribution in [2.75, 3.05) is 46.5 Å². The highest BCUT2D eigenvalue weighted by atomic mass is 16.5. The summed E-state index contributed by atoms with van der Waals surface area (Å²) in [7, 11) is 1.80. The third-order valence-electron chi connectivity index (χ3n) is 6.98. The molecule has 4 rings (SSSR count). The van der Waals surface area contributed by atoms with Gasteiger partial charge >= 0.3 is 6.03 Å². The fourth-order valence-corrected chi connectivity index (χ4v) is 4.70. The van der Waals surface area contributed by atoms with Crippen LogP contribution in [-0.4, -0.2) is 73.8 Å². The van der Waals surface area contributed by atoms with Crippen molar-refractivity contribution in [1.82, 2.24) is 15.1 Å². The maximum Gasteiger partial charge on any atom is 0.324 e. The molecule has 0 aromatic heterocycles. The summed E-state index contributed by atoms with van der Waals surface area (Å²) < 4.78 is 17.9. The molecule has 8 nitrogen and oxygen atoms in total. The highest BCUT2D eigenvalue weighted by Gasteiger charge is 2.33. The molecule has 2 aliphatic rings. The molecule has 2 aromatic carbocycles. The zero-order valence-corrected chi connectivity index (χ0v) is 21.3. The van der Waals surface area contributed by atoms with Gasteiger partial charge in [0, 0.05) is 26.7 Å². The molecule has 0 spiro atoms. The zero-order valence-electron chi connectivity index (χ0n) is 21.3. The molecule has 8 heteroatoms. The summed E-state index contributed by atoms with van der Waals surface area (Å²) in [6, 6.07) is 16.1. The van der Waals surface area contributed by atoms with Crippen molar-refractivity contribution in [2.24, 2.45) is 0 Å². The van der Waals surface area contributed by atoms with E-state index in [-0.39, 0.29) is 24.1 Å². The average molecular weight is 496 g/mol. The summed E-state index contributed by atoms with van der Waals surface area (Å²) in [5.41, 5.74) is 2.20. The Morgan fingerprint density at radius 2 is 1.67 bits per heavy atom. The van der Waals surface area contributed by atoms with Crippen LogP contribution in [-0.2, 0) is 16.1 Å². The van der Waals surface area contributed by atoms with E-state index >= 15 is 0 Å². The molecular formula is C28H37N3O5. The van der Waals surface area contributed by atoms with E-state index in [0.717, 1.165) is 50.4 Å². The fourth-order valence-electron chi connectivity index (χ4n) is 4.70. The number of carbonyl (C=O) groups excluding carboxylic acids is 2. The molecule has 194 valence electrons. The van der Waals surface area contributed by atoms with Gasteiger partial charge in [0.05, 0.1) is 6.61 Å². The van der Waals surface area contributed by atoms with Gasteiger partial charge in [0.15, 0.2) is 0 Å². The highest BCUT2D eigenvalue weighted by Crippen LogP contribution is 2.28. The van der Waals surface area contributed by atoms with Crippen molar-refractivity contribution in [2.45, 2.75) is 44.8 Å². The molecule has 3 amide bonds. The van der Waals surface area contributed by atoms with E-state index < -0.39 is 0 Å². The maximum absolute atomic E-state index is 11.6. The standard InChI is InChI=1S/C28H37N3O5/c1-22-5-9-25(10-6-22)36-21-28(34-2)13-3-15-30(17-14-28)19-23-7-11-24(12-8-23)35-18-4-16-31-20-26(32)29-27(31)33/h5-12H,3-4,13-21H2,1-2H3,(H,29,32,33)/t28-/m1/s1. The number of ether oxygens (including phenoxy) is 3. The molecule has 2 saturated heterocycles. The first-order valence-corrected chi connectivity index (χ1v) is 12.7. The molecule has 0 radical (unpaired) electrons. The van der Waals surface area contributed by atoms with Gasteiger partial charge in [-0.25, -0.2) is 4.79 Å². The third kappa shape index (κ3) is 7.21. The maximum atomic E-state index is 11.6. The van der Waals surface area contributed by atoms with Crippen molar-refractivity contribution >= 4 is 11.9 Å². The Hall–Kier alpha value is -3.10. The molecule has 2 fully saturated rings. The van der Waals surface area contributed by atoms with E-state index in [1.54, 1.807) is 7.11 Å². The van der Waals surface area contributed by atoms with Gasteiger partial charge in [-0.2, -0.15) is 0 Å². The number of rotatable bonds is 11. The number of hydrogen-bond acceptors (Lipinski definition) is 6. The molecule has 0 saturated carbocycles. The van der Waals surface area contributed by atoms with Crippen molar-refractivity contribution in [3.63, 3.8) is 0 Å². The number of benzene rings is 2. The number of urea groups is 1. The SMILES string of the molecule is CO[C@]1(COc2ccc(C)cc2)CCCN(Cc2ccc(OCCCN3CC(=O)NC3=O)cc2)CC1. The van der Waals surface area contributed by atoms with Crippen molar-refractivity contribution in [3.05, 3.63) is 59.7 Å². The van der Waals surface area contributed by atoms with Crippen LogP contribution in [0.15, 0.2) is 48.5 Å². The lowest BCUT2D eigenvalue weighted by atomic mass is 9.95. The smallest absolute Gasteiger partial charge is 0.324 e. The number of nitrogens with one attached hydrogen (secondary N) is 1. The second-order valence-electron chi connectivity index (χ2n) is 9.74. The molecule has 2 heterocycles. The van der Waals surface area contributed by atoms with Crippen LogP contribution in [0.1, 0.15) is 36.8 Å². The first-order valence-electron chi connectivity index (χ1n) is 12.7. The van der Waals surface area contributed by atoms with Gasteiger partial charge in [-0.1, -0.05) is 29.8 Å². The van der Waals surface area contributed by atoms with Gasteiger partial charge in [-0.15, -0.1) is 0 Å². The average Bonchev–Trinajstić information content (AvgIpc) is 3.07. The summed E-state index contributed by atoms with van der Waals surface area (Å²) in [5, 5.41) is 2.28. The number of likely N-dealkylation sites (tertiary alicyclic amines) is 1. The summed E-state index contributed by atoms with van der Waals surface area (Å²) in [6.45, 7) is 6.63. The van der Waals surface area contributed by atoms with Crippen LogP contribution in [0.3, 0.4) is 0 Å². The Labute approximate surface area is 213 Å². The number of aryl methyl sites for hydroxylation is 1. The van der Waals surface area contributed by atoms with Crippen molar-refractivity contribution < 1.29 is 23.8 Å². The quantitative estimate of drug-likeness (QED) is 0.378. The minimum atomic E-state index is -0.320. The Morgan fingerprint density at radius 1 is 0.944 bits per heavy atom. The minimum Gasteiger partial charge on any atom is -0.494 e. The van der Waals surface area contributed by atoms with Gasteiger partial charge < -0.3 is 19.1 Å². The third-order valence-corrected chi connectivity index (χ3v) is 6.98. The van der Waals surface area contributed by atoms with E-state index in [1.165, 1.54) is 16.0 Å². The first kappa shape index (κ1) is 26.0. The normalized spacial score (nSPS) is 20.8. The van der Waals surface area contributed by atoms with Crippen LogP contribution in [0, 0.1) is 6.92 Å². The molecule has 0 bridgehead atoms. The van der Waals surface area contributed by atoms with Gasteiger partial charge in [-0.05, 0) is 69.0 Å². The Bertz CT molecular complexity index is 1010. The molecule has 0 unspecified atom stereocenters. The molecule has 36 heavy (non-hydrogen) atoms. The summed E-state index contributed by atoms with van der Waals surface area (Å²) in [6.07, 6.45) is 3.64. The van der Waals surface area contributed by atoms with Gasteiger partial charge in [0.2, 0.25) is 5.91 Å². The lowest BCUT2D eigenvalue weighted by Gasteiger charge is -2.31. The second kappa shape index (κ2) is 12.2. The van der Waals surface area contributed by atoms with Crippen LogP contribution < -0.4 is 14.8 Å². The van der Waals surface area contributed by atoms with Crippen molar-refractivity contribution in [3.8, 4) is 11.5 Å². The number of methoxy groups -OCH3 is 1. The van der Waals surface area contributed by atoms with Crippen molar-refractivity contribution in [1.29, 1.82) is 0 Å². The fraction of sp³-hybridized carbons (Fsp3) is 0.500.